The molecule has 0 aliphatic carbocycles. The molecule has 0 radical (unpaired) electrons. The molecular formula is C20H23F3N6O2. The molecule has 1 atom stereocenters. The number of piperidine rings is 1. The van der Waals surface area contributed by atoms with Crippen molar-refractivity contribution in [3.63, 3.8) is 0 Å². The molecule has 0 aromatic carbocycles. The predicted molar refractivity (Wildman–Crippen MR) is 104 cm³/mol. The van der Waals surface area contributed by atoms with E-state index >= 15 is 0 Å². The number of likely N-dealkylation sites (tertiary alicyclic amines) is 1. The summed E-state index contributed by atoms with van der Waals surface area (Å²) in [6, 6.07) is 1.08. The molecule has 3 aromatic heterocycles. The van der Waals surface area contributed by atoms with Crippen molar-refractivity contribution in [3.8, 4) is 0 Å². The number of pyridine rings is 1. The van der Waals surface area contributed by atoms with E-state index in [9.17, 15) is 18.0 Å². The highest BCUT2D eigenvalue weighted by Crippen LogP contribution is 2.40. The van der Waals surface area contributed by atoms with Crippen molar-refractivity contribution >= 4 is 17.0 Å². The molecule has 1 aliphatic rings. The van der Waals surface area contributed by atoms with Crippen LogP contribution in [0.5, 0.6) is 0 Å². The van der Waals surface area contributed by atoms with E-state index in [0.29, 0.717) is 44.6 Å². The van der Waals surface area contributed by atoms with Gasteiger partial charge in [-0.3, -0.25) is 9.48 Å². The Morgan fingerprint density at radius 1 is 1.32 bits per heavy atom. The fourth-order valence-electron chi connectivity index (χ4n) is 4.08. The van der Waals surface area contributed by atoms with E-state index in [2.05, 4.69) is 20.2 Å². The van der Waals surface area contributed by atoms with Crippen LogP contribution in [0, 0.1) is 5.92 Å². The Bertz CT molecular complexity index is 1050. The summed E-state index contributed by atoms with van der Waals surface area (Å²) in [6.45, 7) is 4.88. The van der Waals surface area contributed by atoms with Gasteiger partial charge in [0.05, 0.1) is 29.1 Å². The number of amides is 1. The first-order valence-electron chi connectivity index (χ1n) is 10.3. The van der Waals surface area contributed by atoms with Gasteiger partial charge in [0, 0.05) is 24.7 Å². The molecule has 0 saturated carbocycles. The SMILES string of the molecule is CCc1cc(C(F)(F)F)c2c(C3CCN(C(=O)[C@@H](C)Cn4cncn4)CC3)noc2n1. The largest absolute Gasteiger partial charge is 0.417 e. The van der Waals surface area contributed by atoms with E-state index in [4.69, 9.17) is 4.52 Å². The van der Waals surface area contributed by atoms with Gasteiger partial charge in [-0.25, -0.2) is 9.97 Å². The van der Waals surface area contributed by atoms with E-state index in [1.54, 1.807) is 22.8 Å². The van der Waals surface area contributed by atoms with E-state index in [1.165, 1.54) is 6.33 Å². The normalized spacial score (nSPS) is 16.7. The van der Waals surface area contributed by atoms with Crippen LogP contribution in [-0.4, -0.2) is 48.8 Å². The Labute approximate surface area is 176 Å². The highest BCUT2D eigenvalue weighted by molar-refractivity contribution is 5.82. The van der Waals surface area contributed by atoms with Gasteiger partial charge in [0.1, 0.15) is 12.7 Å². The van der Waals surface area contributed by atoms with Gasteiger partial charge in [-0.15, -0.1) is 0 Å². The lowest BCUT2D eigenvalue weighted by atomic mass is 9.90. The highest BCUT2D eigenvalue weighted by Gasteiger charge is 2.38. The molecule has 1 amide bonds. The molecule has 1 fully saturated rings. The van der Waals surface area contributed by atoms with Gasteiger partial charge >= 0.3 is 6.18 Å². The summed E-state index contributed by atoms with van der Waals surface area (Å²) in [6.07, 6.45) is -0.173. The second-order valence-electron chi connectivity index (χ2n) is 7.88. The number of nitrogens with zero attached hydrogens (tertiary/aromatic N) is 6. The monoisotopic (exact) mass is 436 g/mol. The summed E-state index contributed by atoms with van der Waals surface area (Å²) in [4.78, 5) is 22.6. The number of aromatic nitrogens is 5. The second kappa shape index (κ2) is 8.27. The number of carbonyl (C=O) groups is 1. The fraction of sp³-hybridized carbons (Fsp3) is 0.550. The van der Waals surface area contributed by atoms with Crippen LogP contribution in [0.25, 0.3) is 11.1 Å². The standard InChI is InChI=1S/C20H23F3N6O2/c1-3-14-8-15(20(21,22)23)16-17(27-31-18(16)26-14)13-4-6-28(7-5-13)19(30)12(2)9-29-11-24-10-25-29/h8,10-13H,3-7,9H2,1-2H3/t12-/m0/s1. The Balaban J connectivity index is 1.50. The Hall–Kier alpha value is -2.98. The van der Waals surface area contributed by atoms with Crippen LogP contribution in [0.3, 0.4) is 0 Å². The lowest BCUT2D eigenvalue weighted by Gasteiger charge is -2.33. The van der Waals surface area contributed by atoms with Crippen molar-refractivity contribution in [2.75, 3.05) is 13.1 Å². The third-order valence-corrected chi connectivity index (χ3v) is 5.74. The Kier molecular flexibility index (Phi) is 5.67. The number of carbonyl (C=O) groups excluding carboxylic acids is 1. The predicted octanol–water partition coefficient (Wildman–Crippen LogP) is 3.44. The second-order valence-corrected chi connectivity index (χ2v) is 7.88. The van der Waals surface area contributed by atoms with Crippen molar-refractivity contribution < 1.29 is 22.5 Å². The van der Waals surface area contributed by atoms with Gasteiger partial charge < -0.3 is 9.42 Å². The summed E-state index contributed by atoms with van der Waals surface area (Å²) < 4.78 is 47.9. The first-order chi connectivity index (χ1) is 14.8. The summed E-state index contributed by atoms with van der Waals surface area (Å²) in [5.74, 6) is -0.518. The van der Waals surface area contributed by atoms with Crippen molar-refractivity contribution in [2.24, 2.45) is 5.92 Å². The Morgan fingerprint density at radius 2 is 2.06 bits per heavy atom. The first-order valence-corrected chi connectivity index (χ1v) is 10.3. The molecule has 4 heterocycles. The van der Waals surface area contributed by atoms with Crippen molar-refractivity contribution in [3.05, 3.63) is 35.7 Å². The zero-order chi connectivity index (χ0) is 22.2. The molecule has 3 aromatic rings. The van der Waals surface area contributed by atoms with Crippen LogP contribution in [-0.2, 0) is 23.9 Å². The van der Waals surface area contributed by atoms with Crippen LogP contribution < -0.4 is 0 Å². The minimum absolute atomic E-state index is 0.0100. The number of aryl methyl sites for hydroxylation is 1. The van der Waals surface area contributed by atoms with Gasteiger partial charge in [0.2, 0.25) is 5.91 Å². The number of hydrogen-bond acceptors (Lipinski definition) is 6. The molecule has 11 heteroatoms. The zero-order valence-corrected chi connectivity index (χ0v) is 17.3. The summed E-state index contributed by atoms with van der Waals surface area (Å²) >= 11 is 0. The molecule has 0 N–H and O–H groups in total. The number of alkyl halides is 3. The molecule has 4 rings (SSSR count). The first kappa shape index (κ1) is 21.3. The van der Waals surface area contributed by atoms with Gasteiger partial charge in [-0.05, 0) is 25.3 Å². The van der Waals surface area contributed by atoms with E-state index < -0.39 is 11.7 Å². The number of halogens is 3. The van der Waals surface area contributed by atoms with Crippen molar-refractivity contribution in [1.82, 2.24) is 29.8 Å². The highest BCUT2D eigenvalue weighted by atomic mass is 19.4. The van der Waals surface area contributed by atoms with Crippen LogP contribution in [0.15, 0.2) is 23.2 Å². The smallest absolute Gasteiger partial charge is 0.342 e. The van der Waals surface area contributed by atoms with E-state index in [1.807, 2.05) is 6.92 Å². The van der Waals surface area contributed by atoms with Crippen LogP contribution in [0.2, 0.25) is 0 Å². The average molecular weight is 436 g/mol. The molecule has 0 unspecified atom stereocenters. The molecule has 8 nitrogen and oxygen atoms in total. The summed E-state index contributed by atoms with van der Waals surface area (Å²) in [5, 5.41) is 7.92. The average Bonchev–Trinajstić information content (AvgIpc) is 3.41. The maximum atomic E-state index is 13.7. The maximum Gasteiger partial charge on any atom is 0.417 e. The molecule has 166 valence electrons. The Morgan fingerprint density at radius 3 is 2.68 bits per heavy atom. The minimum atomic E-state index is -4.53. The number of hydrogen-bond donors (Lipinski definition) is 0. The lowest BCUT2D eigenvalue weighted by molar-refractivity contribution is -0.137. The molecule has 0 bridgehead atoms. The molecular weight excluding hydrogens is 413 g/mol. The number of fused-ring (bicyclic) bond motifs is 1. The molecule has 0 spiro atoms. The van der Waals surface area contributed by atoms with E-state index in [-0.39, 0.29) is 34.5 Å². The van der Waals surface area contributed by atoms with Gasteiger partial charge in [0.15, 0.2) is 0 Å². The maximum absolute atomic E-state index is 13.7. The third-order valence-electron chi connectivity index (χ3n) is 5.74. The summed E-state index contributed by atoms with van der Waals surface area (Å²) in [7, 11) is 0. The summed E-state index contributed by atoms with van der Waals surface area (Å²) in [5.41, 5.74) is -0.253. The molecule has 1 saturated heterocycles. The molecule has 1 aliphatic heterocycles. The van der Waals surface area contributed by atoms with Crippen LogP contribution >= 0.6 is 0 Å². The van der Waals surface area contributed by atoms with E-state index in [0.717, 1.165) is 6.07 Å². The van der Waals surface area contributed by atoms with Crippen molar-refractivity contribution in [1.29, 1.82) is 0 Å². The van der Waals surface area contributed by atoms with Crippen LogP contribution in [0.4, 0.5) is 13.2 Å². The number of rotatable bonds is 5. The van der Waals surface area contributed by atoms with Gasteiger partial charge in [0.25, 0.3) is 5.71 Å². The zero-order valence-electron chi connectivity index (χ0n) is 17.3. The van der Waals surface area contributed by atoms with Gasteiger partial charge in [-0.2, -0.15) is 18.3 Å². The quantitative estimate of drug-likeness (QED) is 0.609. The third kappa shape index (κ3) is 4.26. The fourth-order valence-corrected chi connectivity index (χ4v) is 4.08. The van der Waals surface area contributed by atoms with Gasteiger partial charge in [-0.1, -0.05) is 19.0 Å². The molecule has 31 heavy (non-hydrogen) atoms. The van der Waals surface area contributed by atoms with Crippen molar-refractivity contribution in [2.45, 2.75) is 51.7 Å². The minimum Gasteiger partial charge on any atom is -0.342 e. The lowest BCUT2D eigenvalue weighted by Crippen LogP contribution is -2.41. The topological polar surface area (TPSA) is 89.9 Å². The van der Waals surface area contributed by atoms with Crippen LogP contribution in [0.1, 0.15) is 49.6 Å².